The van der Waals surface area contributed by atoms with Crippen LogP contribution in [0.4, 0.5) is 21.5 Å². The van der Waals surface area contributed by atoms with Gasteiger partial charge in [0, 0.05) is 17.9 Å². The van der Waals surface area contributed by atoms with Crippen LogP contribution in [0, 0.1) is 5.82 Å². The van der Waals surface area contributed by atoms with Crippen LogP contribution in [0.5, 0.6) is 0 Å². The molecule has 0 bridgehead atoms. The maximum absolute atomic E-state index is 13.0. The normalized spacial score (nSPS) is 10.5. The Hall–Kier alpha value is -1.45. The first kappa shape index (κ1) is 14.0. The summed E-state index contributed by atoms with van der Waals surface area (Å²) in [5.74, 6) is -0.283. The number of anilines is 3. The van der Waals surface area contributed by atoms with Crippen molar-refractivity contribution in [1.29, 1.82) is 0 Å². The summed E-state index contributed by atoms with van der Waals surface area (Å²) in [5, 5.41) is 0.937. The smallest absolute Gasteiger partial charge is 0.123 e. The van der Waals surface area contributed by atoms with Crippen LogP contribution in [-0.4, -0.2) is 6.54 Å². The van der Waals surface area contributed by atoms with Crippen LogP contribution < -0.4 is 10.6 Å². The zero-order chi connectivity index (χ0) is 14.0. The number of nitrogens with zero attached hydrogens (tertiary/aromatic N) is 1. The van der Waals surface area contributed by atoms with Crippen molar-refractivity contribution >= 4 is 40.3 Å². The average Bonchev–Trinajstić information content (AvgIpc) is 2.35. The van der Waals surface area contributed by atoms with E-state index in [1.165, 1.54) is 12.1 Å². The van der Waals surface area contributed by atoms with Crippen molar-refractivity contribution in [3.63, 3.8) is 0 Å². The second-order valence-electron chi connectivity index (χ2n) is 4.05. The molecule has 2 rings (SSSR count). The summed E-state index contributed by atoms with van der Waals surface area (Å²) >= 11 is 12.4. The molecule has 0 fully saturated rings. The van der Waals surface area contributed by atoms with Gasteiger partial charge in [-0.25, -0.2) is 4.39 Å². The Morgan fingerprint density at radius 1 is 1.11 bits per heavy atom. The molecule has 2 nitrogen and oxygen atoms in total. The quantitative estimate of drug-likeness (QED) is 0.819. The molecule has 100 valence electrons. The minimum absolute atomic E-state index is 0.283. The van der Waals surface area contributed by atoms with Crippen LogP contribution in [0.15, 0.2) is 36.4 Å². The van der Waals surface area contributed by atoms with Crippen molar-refractivity contribution in [2.24, 2.45) is 0 Å². The van der Waals surface area contributed by atoms with Gasteiger partial charge in [0.05, 0.1) is 15.7 Å². The Morgan fingerprint density at radius 3 is 2.11 bits per heavy atom. The summed E-state index contributed by atoms with van der Waals surface area (Å²) in [6.07, 6.45) is 0. The lowest BCUT2D eigenvalue weighted by molar-refractivity contribution is 0.628. The standard InChI is InChI=1S/C14H13Cl2FN2/c1-2-19(11-5-3-9(17)4-6-11)14-12(15)7-10(18)8-13(14)16/h3-8H,2,18H2,1H3. The largest absolute Gasteiger partial charge is 0.399 e. The van der Waals surface area contributed by atoms with E-state index in [0.717, 1.165) is 5.69 Å². The monoisotopic (exact) mass is 298 g/mol. The number of nitrogens with two attached hydrogens (primary N) is 1. The van der Waals surface area contributed by atoms with Crippen molar-refractivity contribution < 1.29 is 4.39 Å². The Kier molecular flexibility index (Phi) is 4.17. The fourth-order valence-corrected chi connectivity index (χ4v) is 2.64. The predicted molar refractivity (Wildman–Crippen MR) is 80.0 cm³/mol. The molecule has 2 N–H and O–H groups in total. The molecule has 0 radical (unpaired) electrons. The van der Waals surface area contributed by atoms with Crippen LogP contribution in [0.1, 0.15) is 6.92 Å². The van der Waals surface area contributed by atoms with Crippen LogP contribution in [0.3, 0.4) is 0 Å². The van der Waals surface area contributed by atoms with E-state index in [4.69, 9.17) is 28.9 Å². The van der Waals surface area contributed by atoms with Gasteiger partial charge in [-0.05, 0) is 43.3 Å². The lowest BCUT2D eigenvalue weighted by atomic mass is 10.2. The highest BCUT2D eigenvalue weighted by molar-refractivity contribution is 6.39. The van der Waals surface area contributed by atoms with Gasteiger partial charge in [0.15, 0.2) is 0 Å². The average molecular weight is 299 g/mol. The van der Waals surface area contributed by atoms with E-state index in [1.807, 2.05) is 11.8 Å². The van der Waals surface area contributed by atoms with E-state index in [2.05, 4.69) is 0 Å². The molecule has 0 unspecified atom stereocenters. The molecule has 0 aliphatic carbocycles. The number of nitrogen functional groups attached to an aromatic ring is 1. The van der Waals surface area contributed by atoms with Gasteiger partial charge in [0.25, 0.3) is 0 Å². The summed E-state index contributed by atoms with van der Waals surface area (Å²) in [6, 6.07) is 9.46. The first-order valence-corrected chi connectivity index (χ1v) is 6.56. The van der Waals surface area contributed by atoms with Crippen LogP contribution >= 0.6 is 23.2 Å². The molecule has 0 saturated heterocycles. The number of hydrogen-bond donors (Lipinski definition) is 1. The molecule has 0 aliphatic heterocycles. The molecule has 5 heteroatoms. The number of rotatable bonds is 3. The summed E-state index contributed by atoms with van der Waals surface area (Å²) in [7, 11) is 0. The topological polar surface area (TPSA) is 29.3 Å². The van der Waals surface area contributed by atoms with Gasteiger partial charge in [0.2, 0.25) is 0 Å². The second-order valence-corrected chi connectivity index (χ2v) is 4.87. The van der Waals surface area contributed by atoms with Gasteiger partial charge < -0.3 is 10.6 Å². The summed E-state index contributed by atoms with van der Waals surface area (Å²) in [5.41, 5.74) is 7.69. The van der Waals surface area contributed by atoms with Gasteiger partial charge in [-0.3, -0.25) is 0 Å². The third kappa shape index (κ3) is 2.94. The number of benzene rings is 2. The summed E-state index contributed by atoms with van der Waals surface area (Å²) in [4.78, 5) is 1.91. The van der Waals surface area contributed by atoms with E-state index in [9.17, 15) is 4.39 Å². The molecule has 0 aliphatic rings. The molecule has 0 saturated carbocycles. The molecule has 0 spiro atoms. The Balaban J connectivity index is 2.51. The van der Waals surface area contributed by atoms with Crippen molar-refractivity contribution in [2.75, 3.05) is 17.2 Å². The van der Waals surface area contributed by atoms with Gasteiger partial charge in [-0.2, -0.15) is 0 Å². The maximum atomic E-state index is 13.0. The fourth-order valence-electron chi connectivity index (χ4n) is 1.93. The predicted octanol–water partition coefficient (Wildman–Crippen LogP) is 4.87. The van der Waals surface area contributed by atoms with Gasteiger partial charge in [0.1, 0.15) is 5.82 Å². The zero-order valence-electron chi connectivity index (χ0n) is 10.3. The molecule has 0 amide bonds. The van der Waals surface area contributed by atoms with Crippen LogP contribution in [0.25, 0.3) is 0 Å². The highest BCUT2D eigenvalue weighted by Crippen LogP contribution is 2.39. The minimum Gasteiger partial charge on any atom is -0.399 e. The highest BCUT2D eigenvalue weighted by atomic mass is 35.5. The van der Waals surface area contributed by atoms with Crippen molar-refractivity contribution in [3.8, 4) is 0 Å². The van der Waals surface area contributed by atoms with Crippen molar-refractivity contribution in [2.45, 2.75) is 6.92 Å². The molecule has 2 aromatic carbocycles. The zero-order valence-corrected chi connectivity index (χ0v) is 11.8. The van der Waals surface area contributed by atoms with Crippen LogP contribution in [0.2, 0.25) is 10.0 Å². The Labute approximate surface area is 121 Å². The molecule has 19 heavy (non-hydrogen) atoms. The molecular weight excluding hydrogens is 286 g/mol. The van der Waals surface area contributed by atoms with Gasteiger partial charge in [-0.1, -0.05) is 23.2 Å². The summed E-state index contributed by atoms with van der Waals surface area (Å²) < 4.78 is 13.0. The van der Waals surface area contributed by atoms with E-state index in [-0.39, 0.29) is 5.82 Å². The SMILES string of the molecule is CCN(c1ccc(F)cc1)c1c(Cl)cc(N)cc1Cl. The first-order valence-electron chi connectivity index (χ1n) is 5.80. The van der Waals surface area contributed by atoms with E-state index in [1.54, 1.807) is 24.3 Å². The van der Waals surface area contributed by atoms with E-state index < -0.39 is 0 Å². The molecule has 0 atom stereocenters. The van der Waals surface area contributed by atoms with Gasteiger partial charge >= 0.3 is 0 Å². The minimum atomic E-state index is -0.283. The van der Waals surface area contributed by atoms with Crippen LogP contribution in [-0.2, 0) is 0 Å². The molecule has 0 heterocycles. The Bertz CT molecular complexity index is 561. The van der Waals surface area contributed by atoms with E-state index in [0.29, 0.717) is 28.0 Å². The number of halogens is 3. The Morgan fingerprint density at radius 2 is 1.63 bits per heavy atom. The molecule has 0 aromatic heterocycles. The lowest BCUT2D eigenvalue weighted by Crippen LogP contribution is -2.17. The third-order valence-corrected chi connectivity index (χ3v) is 3.34. The van der Waals surface area contributed by atoms with E-state index >= 15 is 0 Å². The first-order chi connectivity index (χ1) is 9.02. The third-order valence-electron chi connectivity index (χ3n) is 2.76. The maximum Gasteiger partial charge on any atom is 0.123 e. The fraction of sp³-hybridized carbons (Fsp3) is 0.143. The number of hydrogen-bond acceptors (Lipinski definition) is 2. The van der Waals surface area contributed by atoms with Crippen molar-refractivity contribution in [3.05, 3.63) is 52.3 Å². The molecule has 2 aromatic rings. The van der Waals surface area contributed by atoms with Gasteiger partial charge in [-0.15, -0.1) is 0 Å². The lowest BCUT2D eigenvalue weighted by Gasteiger charge is -2.25. The van der Waals surface area contributed by atoms with Crippen molar-refractivity contribution in [1.82, 2.24) is 0 Å². The molecular formula is C14H13Cl2FN2. The highest BCUT2D eigenvalue weighted by Gasteiger charge is 2.15. The second kappa shape index (κ2) is 5.68. The summed E-state index contributed by atoms with van der Waals surface area (Å²) in [6.45, 7) is 2.61.